The van der Waals surface area contributed by atoms with Crippen molar-refractivity contribution in [3.63, 3.8) is 0 Å². The van der Waals surface area contributed by atoms with Gasteiger partial charge in [0.15, 0.2) is 0 Å². The summed E-state index contributed by atoms with van der Waals surface area (Å²) in [6.07, 6.45) is 1.62. The van der Waals surface area contributed by atoms with Crippen LogP contribution in [0.15, 0.2) is 22.7 Å². The second-order valence-electron chi connectivity index (χ2n) is 4.11. The molecule has 1 aliphatic heterocycles. The van der Waals surface area contributed by atoms with Gasteiger partial charge in [0.1, 0.15) is 18.3 Å². The number of halogens is 1. The summed E-state index contributed by atoms with van der Waals surface area (Å²) in [6, 6.07) is 5.65. The van der Waals surface area contributed by atoms with E-state index in [1.165, 1.54) is 0 Å². The Balaban J connectivity index is 2.02. The molecule has 0 fully saturated rings. The summed E-state index contributed by atoms with van der Waals surface area (Å²) in [5.41, 5.74) is 0.902. The van der Waals surface area contributed by atoms with Crippen molar-refractivity contribution in [2.24, 2.45) is 0 Å². The molecule has 1 heterocycles. The lowest BCUT2D eigenvalue weighted by Gasteiger charge is -2.09. The molecule has 0 spiro atoms. The van der Waals surface area contributed by atoms with Gasteiger partial charge < -0.3 is 10.1 Å². The van der Waals surface area contributed by atoms with Crippen molar-refractivity contribution in [2.75, 3.05) is 25.2 Å². The molecular formula is C12H14BrNO3S. The first kappa shape index (κ1) is 13.5. The summed E-state index contributed by atoms with van der Waals surface area (Å²) < 4.78 is 17.3. The number of carbonyl (C=O) groups excluding carboxylic acids is 1. The van der Waals surface area contributed by atoms with Crippen LogP contribution in [0.25, 0.3) is 0 Å². The van der Waals surface area contributed by atoms with Crippen molar-refractivity contribution in [3.8, 4) is 5.75 Å². The zero-order valence-corrected chi connectivity index (χ0v) is 12.3. The van der Waals surface area contributed by atoms with Crippen LogP contribution >= 0.6 is 15.9 Å². The molecule has 18 heavy (non-hydrogen) atoms. The average molecular weight is 332 g/mol. The summed E-state index contributed by atoms with van der Waals surface area (Å²) in [5, 5.41) is 2.79. The fraction of sp³-hybridized carbons (Fsp3) is 0.417. The van der Waals surface area contributed by atoms with Gasteiger partial charge in [-0.25, -0.2) is 0 Å². The Labute approximate surface area is 117 Å². The molecule has 0 aromatic heterocycles. The number of hydrogen-bond donors (Lipinski definition) is 1. The standard InChI is InChI=1S/C12H14BrNO3S/c1-18(16)5-4-14-12(15)10-7-17-11-3-2-8(13)6-9(10)11/h2-3,6,10H,4-5,7H2,1H3,(H,14,15)/t10-,18+/m0/s1. The number of nitrogens with one attached hydrogen (secondary N) is 1. The van der Waals surface area contributed by atoms with E-state index in [-0.39, 0.29) is 11.8 Å². The molecule has 1 aliphatic rings. The predicted molar refractivity (Wildman–Crippen MR) is 74.3 cm³/mol. The van der Waals surface area contributed by atoms with Gasteiger partial charge in [-0.3, -0.25) is 9.00 Å². The number of carbonyl (C=O) groups is 1. The number of hydrogen-bond acceptors (Lipinski definition) is 3. The Bertz CT molecular complexity index is 492. The van der Waals surface area contributed by atoms with Gasteiger partial charge in [0.25, 0.3) is 0 Å². The molecular weight excluding hydrogens is 318 g/mol. The van der Waals surface area contributed by atoms with E-state index in [0.29, 0.717) is 18.9 Å². The lowest BCUT2D eigenvalue weighted by atomic mass is 10.0. The molecule has 4 nitrogen and oxygen atoms in total. The summed E-state index contributed by atoms with van der Waals surface area (Å²) >= 11 is 3.39. The maximum atomic E-state index is 12.0. The van der Waals surface area contributed by atoms with Crippen LogP contribution < -0.4 is 10.1 Å². The number of amides is 1. The fourth-order valence-corrected chi connectivity index (χ4v) is 2.61. The van der Waals surface area contributed by atoms with Crippen molar-refractivity contribution in [3.05, 3.63) is 28.2 Å². The van der Waals surface area contributed by atoms with Gasteiger partial charge in [-0.2, -0.15) is 0 Å². The van der Waals surface area contributed by atoms with Crippen LogP contribution in [0.5, 0.6) is 5.75 Å². The molecule has 1 aromatic rings. The van der Waals surface area contributed by atoms with Gasteiger partial charge in [0.05, 0.1) is 0 Å². The van der Waals surface area contributed by atoms with E-state index in [2.05, 4.69) is 21.2 Å². The van der Waals surface area contributed by atoms with Gasteiger partial charge in [-0.15, -0.1) is 0 Å². The molecule has 6 heteroatoms. The second-order valence-corrected chi connectivity index (χ2v) is 6.58. The van der Waals surface area contributed by atoms with E-state index < -0.39 is 10.8 Å². The van der Waals surface area contributed by atoms with Crippen LogP contribution in [0, 0.1) is 0 Å². The van der Waals surface area contributed by atoms with Crippen molar-refractivity contribution < 1.29 is 13.7 Å². The summed E-state index contributed by atoms with van der Waals surface area (Å²) in [7, 11) is -0.886. The Morgan fingerprint density at radius 1 is 1.61 bits per heavy atom. The predicted octanol–water partition coefficient (Wildman–Crippen LogP) is 1.42. The first-order valence-corrected chi connectivity index (χ1v) is 8.10. The molecule has 2 atom stereocenters. The number of benzene rings is 1. The van der Waals surface area contributed by atoms with Gasteiger partial charge in [-0.05, 0) is 18.2 Å². The minimum Gasteiger partial charge on any atom is -0.492 e. The second kappa shape index (κ2) is 5.84. The molecule has 98 valence electrons. The lowest BCUT2D eigenvalue weighted by Crippen LogP contribution is -2.32. The Morgan fingerprint density at radius 2 is 2.39 bits per heavy atom. The Hall–Kier alpha value is -0.880. The molecule has 1 aromatic carbocycles. The number of fused-ring (bicyclic) bond motifs is 1. The van der Waals surface area contributed by atoms with Crippen LogP contribution in [0.2, 0.25) is 0 Å². The third kappa shape index (κ3) is 3.11. The molecule has 1 N–H and O–H groups in total. The number of ether oxygens (including phenoxy) is 1. The van der Waals surface area contributed by atoms with Gasteiger partial charge in [0, 0.05) is 39.4 Å². The molecule has 0 saturated heterocycles. The van der Waals surface area contributed by atoms with Crippen LogP contribution in [0.4, 0.5) is 0 Å². The van der Waals surface area contributed by atoms with E-state index >= 15 is 0 Å². The third-order valence-electron chi connectivity index (χ3n) is 2.76. The molecule has 0 aliphatic carbocycles. The quantitative estimate of drug-likeness (QED) is 0.907. The maximum absolute atomic E-state index is 12.0. The monoisotopic (exact) mass is 331 g/mol. The van der Waals surface area contributed by atoms with Crippen molar-refractivity contribution >= 4 is 32.6 Å². The largest absolute Gasteiger partial charge is 0.492 e. The maximum Gasteiger partial charge on any atom is 0.231 e. The highest BCUT2D eigenvalue weighted by Gasteiger charge is 2.30. The van der Waals surface area contributed by atoms with Crippen molar-refractivity contribution in [1.82, 2.24) is 5.32 Å². The van der Waals surface area contributed by atoms with Crippen LogP contribution in [-0.4, -0.2) is 35.3 Å². The fourth-order valence-electron chi connectivity index (χ4n) is 1.84. The highest BCUT2D eigenvalue weighted by atomic mass is 79.9. The molecule has 1 amide bonds. The molecule has 0 bridgehead atoms. The molecule has 0 unspecified atom stereocenters. The van der Waals surface area contributed by atoms with Gasteiger partial charge in [-0.1, -0.05) is 15.9 Å². The van der Waals surface area contributed by atoms with E-state index in [1.807, 2.05) is 18.2 Å². The topological polar surface area (TPSA) is 55.4 Å². The van der Waals surface area contributed by atoms with Crippen LogP contribution in [0.3, 0.4) is 0 Å². The Morgan fingerprint density at radius 3 is 3.11 bits per heavy atom. The molecule has 0 radical (unpaired) electrons. The summed E-state index contributed by atoms with van der Waals surface area (Å²) in [6.45, 7) is 0.800. The minimum absolute atomic E-state index is 0.0719. The zero-order chi connectivity index (χ0) is 13.1. The Kier molecular flexibility index (Phi) is 4.40. The first-order valence-electron chi connectivity index (χ1n) is 5.58. The average Bonchev–Trinajstić information content (AvgIpc) is 2.71. The molecule has 0 saturated carbocycles. The summed E-state index contributed by atoms with van der Waals surface area (Å²) in [5.74, 6) is 0.891. The van der Waals surface area contributed by atoms with Crippen LogP contribution in [0.1, 0.15) is 11.5 Å². The number of rotatable bonds is 4. The SMILES string of the molecule is C[S@@](=O)CCNC(=O)[C@H]1COc2ccc(Br)cc21. The first-order chi connectivity index (χ1) is 8.58. The van der Waals surface area contributed by atoms with E-state index in [4.69, 9.17) is 4.74 Å². The zero-order valence-electron chi connectivity index (χ0n) is 9.94. The normalized spacial score (nSPS) is 18.9. The third-order valence-corrected chi connectivity index (χ3v) is 4.03. The lowest BCUT2D eigenvalue weighted by molar-refractivity contribution is -0.122. The highest BCUT2D eigenvalue weighted by molar-refractivity contribution is 9.10. The molecule has 2 rings (SSSR count). The van der Waals surface area contributed by atoms with E-state index in [9.17, 15) is 9.00 Å². The highest BCUT2D eigenvalue weighted by Crippen LogP contribution is 2.35. The smallest absolute Gasteiger partial charge is 0.231 e. The van der Waals surface area contributed by atoms with Crippen LogP contribution in [-0.2, 0) is 15.6 Å². The summed E-state index contributed by atoms with van der Waals surface area (Å²) in [4.78, 5) is 12.0. The van der Waals surface area contributed by atoms with Crippen molar-refractivity contribution in [1.29, 1.82) is 0 Å². The van der Waals surface area contributed by atoms with Gasteiger partial charge in [0.2, 0.25) is 5.91 Å². The van der Waals surface area contributed by atoms with Gasteiger partial charge >= 0.3 is 0 Å². The minimum atomic E-state index is -0.886. The van der Waals surface area contributed by atoms with E-state index in [1.54, 1.807) is 6.26 Å². The van der Waals surface area contributed by atoms with E-state index in [0.717, 1.165) is 15.8 Å². The van der Waals surface area contributed by atoms with Crippen molar-refractivity contribution in [2.45, 2.75) is 5.92 Å².